The quantitative estimate of drug-likeness (QED) is 0.624. The lowest BCUT2D eigenvalue weighted by Crippen LogP contribution is -2.05. The van der Waals surface area contributed by atoms with E-state index in [1.165, 1.54) is 16.7 Å². The van der Waals surface area contributed by atoms with E-state index in [2.05, 4.69) is 65.1 Å². The highest BCUT2D eigenvalue weighted by atomic mass is 15.2. The Kier molecular flexibility index (Phi) is 4.70. The van der Waals surface area contributed by atoms with Crippen molar-refractivity contribution in [3.8, 4) is 6.07 Å². The lowest BCUT2D eigenvalue weighted by atomic mass is 9.82. The summed E-state index contributed by atoms with van der Waals surface area (Å²) in [5.41, 5.74) is 6.98. The molecule has 5 nitrogen and oxygen atoms in total. The molecule has 1 unspecified atom stereocenters. The number of H-pyrrole nitrogens is 1. The van der Waals surface area contributed by atoms with E-state index < -0.39 is 0 Å². The number of aryl methyl sites for hydroxylation is 1. The number of nitrogens with one attached hydrogen (secondary N) is 1. The van der Waals surface area contributed by atoms with Crippen LogP contribution in [0.1, 0.15) is 37.3 Å². The maximum atomic E-state index is 9.24. The van der Waals surface area contributed by atoms with Crippen molar-refractivity contribution in [3.63, 3.8) is 0 Å². The second kappa shape index (κ2) is 7.32. The van der Waals surface area contributed by atoms with Crippen molar-refractivity contribution in [2.24, 2.45) is 18.0 Å². The zero-order valence-corrected chi connectivity index (χ0v) is 16.2. The third-order valence-electron chi connectivity index (χ3n) is 5.62. The maximum absolute atomic E-state index is 9.24. The summed E-state index contributed by atoms with van der Waals surface area (Å²) >= 11 is 0. The van der Waals surface area contributed by atoms with E-state index in [0.717, 1.165) is 47.1 Å². The molecule has 140 valence electrons. The van der Waals surface area contributed by atoms with Crippen molar-refractivity contribution < 1.29 is 0 Å². The van der Waals surface area contributed by atoms with Crippen LogP contribution in [0, 0.1) is 17.2 Å². The number of aromatic amines is 1. The summed E-state index contributed by atoms with van der Waals surface area (Å²) in [5, 5.41) is 14.7. The highest BCUT2D eigenvalue weighted by Gasteiger charge is 2.21. The molecule has 0 spiro atoms. The van der Waals surface area contributed by atoms with Crippen LogP contribution in [0.25, 0.3) is 22.0 Å². The Morgan fingerprint density at radius 1 is 1.39 bits per heavy atom. The van der Waals surface area contributed by atoms with Crippen molar-refractivity contribution in [1.29, 1.82) is 5.26 Å². The van der Waals surface area contributed by atoms with Crippen molar-refractivity contribution in [2.45, 2.75) is 26.2 Å². The molecular weight excluding hydrogens is 346 g/mol. The highest BCUT2D eigenvalue weighted by molar-refractivity contribution is 6.01. The number of hydrogen-bond acceptors (Lipinski definition) is 3. The monoisotopic (exact) mass is 369 g/mol. The lowest BCUT2D eigenvalue weighted by molar-refractivity contribution is 0.586. The number of nitriles is 1. The summed E-state index contributed by atoms with van der Waals surface area (Å²) in [4.78, 5) is 7.35. The molecule has 1 atom stereocenters. The fraction of sp³-hybridized carbons (Fsp3) is 0.261. The molecule has 1 N–H and O–H groups in total. The molecule has 0 saturated carbocycles. The van der Waals surface area contributed by atoms with Gasteiger partial charge in [0.1, 0.15) is 5.82 Å². The normalized spacial score (nSPS) is 17.8. The topological polar surface area (TPSA) is 69.8 Å². The smallest absolute Gasteiger partial charge is 0.137 e. The maximum Gasteiger partial charge on any atom is 0.137 e. The average molecular weight is 369 g/mol. The molecule has 0 saturated heterocycles. The number of fused-ring (bicyclic) bond motifs is 1. The minimum absolute atomic E-state index is 0.111. The number of aromatic nitrogens is 3. The highest BCUT2D eigenvalue weighted by Crippen LogP contribution is 2.41. The Hall–Kier alpha value is -3.39. The van der Waals surface area contributed by atoms with Gasteiger partial charge in [-0.1, -0.05) is 12.1 Å². The lowest BCUT2D eigenvalue weighted by Gasteiger charge is -2.22. The molecule has 3 aromatic rings. The van der Waals surface area contributed by atoms with Crippen LogP contribution in [-0.2, 0) is 7.05 Å². The first-order valence-corrected chi connectivity index (χ1v) is 9.49. The summed E-state index contributed by atoms with van der Waals surface area (Å²) in [6.45, 7) is 5.87. The molecule has 5 heteroatoms. The van der Waals surface area contributed by atoms with Gasteiger partial charge in [0.25, 0.3) is 0 Å². The van der Waals surface area contributed by atoms with E-state index in [4.69, 9.17) is 0 Å². The number of rotatable bonds is 4. The Bertz CT molecular complexity index is 1150. The first-order valence-electron chi connectivity index (χ1n) is 9.49. The van der Waals surface area contributed by atoms with Gasteiger partial charge in [0.2, 0.25) is 0 Å². The average Bonchev–Trinajstić information content (AvgIpc) is 3.35. The third-order valence-corrected chi connectivity index (χ3v) is 5.62. The largest absolute Gasteiger partial charge is 0.346 e. The fourth-order valence-corrected chi connectivity index (χ4v) is 4.03. The van der Waals surface area contributed by atoms with Crippen LogP contribution in [0.15, 0.2) is 53.3 Å². The van der Waals surface area contributed by atoms with Gasteiger partial charge in [-0.3, -0.25) is 4.68 Å². The molecule has 28 heavy (non-hydrogen) atoms. The van der Waals surface area contributed by atoms with Gasteiger partial charge in [-0.25, -0.2) is 4.99 Å². The fourth-order valence-electron chi connectivity index (χ4n) is 4.03. The van der Waals surface area contributed by atoms with Crippen molar-refractivity contribution in [2.75, 3.05) is 0 Å². The zero-order chi connectivity index (χ0) is 19.7. The van der Waals surface area contributed by atoms with Crippen molar-refractivity contribution in [3.05, 3.63) is 59.4 Å². The van der Waals surface area contributed by atoms with Crippen LogP contribution in [0.3, 0.4) is 0 Å². The summed E-state index contributed by atoms with van der Waals surface area (Å²) in [6.07, 6.45) is 8.60. The van der Waals surface area contributed by atoms with Crippen LogP contribution in [0.5, 0.6) is 0 Å². The van der Waals surface area contributed by atoms with Crippen LogP contribution in [0.4, 0.5) is 5.82 Å². The molecule has 0 radical (unpaired) electrons. The van der Waals surface area contributed by atoms with Gasteiger partial charge >= 0.3 is 0 Å². The van der Waals surface area contributed by atoms with Gasteiger partial charge in [-0.2, -0.15) is 10.4 Å². The molecule has 0 bridgehead atoms. The summed E-state index contributed by atoms with van der Waals surface area (Å²) in [7, 11) is 1.95. The molecule has 2 aromatic heterocycles. The number of aliphatic imine (C=N–C) groups is 1. The molecule has 1 aliphatic rings. The van der Waals surface area contributed by atoms with E-state index in [1.807, 2.05) is 24.1 Å². The number of nitrogens with zero attached hydrogens (tertiary/aromatic N) is 4. The Balaban J connectivity index is 1.89. The van der Waals surface area contributed by atoms with Crippen LogP contribution in [-0.4, -0.2) is 21.5 Å². The van der Waals surface area contributed by atoms with Gasteiger partial charge in [-0.05, 0) is 73.4 Å². The molecule has 1 aliphatic carbocycles. The van der Waals surface area contributed by atoms with Crippen molar-refractivity contribution >= 4 is 34.6 Å². The van der Waals surface area contributed by atoms with Gasteiger partial charge in [-0.15, -0.1) is 0 Å². The second-order valence-electron chi connectivity index (χ2n) is 7.27. The van der Waals surface area contributed by atoms with Gasteiger partial charge < -0.3 is 4.98 Å². The Morgan fingerprint density at radius 3 is 2.96 bits per heavy atom. The van der Waals surface area contributed by atoms with E-state index in [-0.39, 0.29) is 5.92 Å². The predicted octanol–water partition coefficient (Wildman–Crippen LogP) is 5.41. The first kappa shape index (κ1) is 18.0. The molecule has 0 fully saturated rings. The van der Waals surface area contributed by atoms with E-state index in [9.17, 15) is 5.26 Å². The number of hydrogen-bond donors (Lipinski definition) is 1. The minimum Gasteiger partial charge on any atom is -0.346 e. The number of allylic oxidation sites excluding steroid dienone is 4. The Labute approximate surface area is 164 Å². The van der Waals surface area contributed by atoms with Gasteiger partial charge in [0.05, 0.1) is 23.7 Å². The van der Waals surface area contributed by atoms with Crippen molar-refractivity contribution in [1.82, 2.24) is 14.8 Å². The van der Waals surface area contributed by atoms with Crippen LogP contribution in [0.2, 0.25) is 0 Å². The molecule has 0 aliphatic heterocycles. The van der Waals surface area contributed by atoms with E-state index in [0.29, 0.717) is 0 Å². The minimum atomic E-state index is 0.111. The molecule has 2 heterocycles. The van der Waals surface area contributed by atoms with E-state index >= 15 is 0 Å². The molecule has 0 amide bonds. The standard InChI is InChI=1S/C23H23N5/c1-15(18-8-9-21-19(12-18)14-27-28(21)3)22(20-10-11-26-23(20)25-2)17-6-4-16(13-24)5-7-17/h6,8-12,14,16,26H,2,4-5,7H2,1,3H3/b22-15+. The summed E-state index contributed by atoms with van der Waals surface area (Å²) < 4.78 is 1.89. The molecular formula is C23H23N5. The predicted molar refractivity (Wildman–Crippen MR) is 114 cm³/mol. The molecule has 4 rings (SSSR count). The summed E-state index contributed by atoms with van der Waals surface area (Å²) in [6, 6.07) is 10.9. The van der Waals surface area contributed by atoms with E-state index in [1.54, 1.807) is 0 Å². The van der Waals surface area contributed by atoms with Crippen LogP contribution >= 0.6 is 0 Å². The zero-order valence-electron chi connectivity index (χ0n) is 16.2. The molecule has 1 aromatic carbocycles. The third kappa shape index (κ3) is 3.07. The Morgan fingerprint density at radius 2 is 2.25 bits per heavy atom. The summed E-state index contributed by atoms with van der Waals surface area (Å²) in [5.74, 6) is 0.889. The number of benzene rings is 1. The van der Waals surface area contributed by atoms with Crippen LogP contribution < -0.4 is 0 Å². The first-order chi connectivity index (χ1) is 13.6. The van der Waals surface area contributed by atoms with Gasteiger partial charge in [0, 0.05) is 24.2 Å². The second-order valence-corrected chi connectivity index (χ2v) is 7.27. The SMILES string of the molecule is C=Nc1[nH]ccc1/C(C1=CCC(C#N)CC1)=C(\C)c1ccc2c(cnn2C)c1. The van der Waals surface area contributed by atoms with Gasteiger partial charge in [0.15, 0.2) is 0 Å².